The molecular formula is C16H30N4S. The van der Waals surface area contributed by atoms with Crippen LogP contribution in [0.5, 0.6) is 0 Å². The number of aliphatic imine (C=N–C) groups is 1. The minimum atomic E-state index is 0.583. The first-order valence-corrected chi connectivity index (χ1v) is 8.77. The molecule has 0 saturated heterocycles. The third-order valence-corrected chi connectivity index (χ3v) is 4.24. The van der Waals surface area contributed by atoms with Crippen LogP contribution in [-0.4, -0.2) is 44.6 Å². The number of nitrogens with one attached hydrogen (secondary N) is 1. The number of guanidine groups is 1. The average Bonchev–Trinajstić information content (AvgIpc) is 2.94. The van der Waals surface area contributed by atoms with Gasteiger partial charge < -0.3 is 16.0 Å². The summed E-state index contributed by atoms with van der Waals surface area (Å²) in [6.07, 6.45) is 7.31. The molecule has 0 aliphatic rings. The Labute approximate surface area is 133 Å². The lowest BCUT2D eigenvalue weighted by molar-refractivity contribution is 0.390. The van der Waals surface area contributed by atoms with Crippen LogP contribution in [0, 0.1) is 0 Å². The SMILES string of the molecule is CN(C)CCCCCCCN=C(N)NCCc1cccs1. The second kappa shape index (κ2) is 11.6. The molecule has 1 rings (SSSR count). The van der Waals surface area contributed by atoms with Gasteiger partial charge in [-0.3, -0.25) is 4.99 Å². The van der Waals surface area contributed by atoms with E-state index < -0.39 is 0 Å². The standard InChI is InChI=1S/C16H30N4S/c1-20(2)13-7-5-3-4-6-11-18-16(17)19-12-10-15-9-8-14-21-15/h8-9,14H,3-7,10-13H2,1-2H3,(H3,17,18,19). The first-order valence-electron chi connectivity index (χ1n) is 7.89. The lowest BCUT2D eigenvalue weighted by atomic mass is 10.1. The summed E-state index contributed by atoms with van der Waals surface area (Å²) in [6, 6.07) is 4.23. The van der Waals surface area contributed by atoms with Crippen molar-refractivity contribution in [3.63, 3.8) is 0 Å². The maximum atomic E-state index is 5.85. The molecule has 0 bridgehead atoms. The molecule has 1 aromatic rings. The molecule has 0 aliphatic carbocycles. The Bertz CT molecular complexity index is 374. The van der Waals surface area contributed by atoms with Crippen LogP contribution in [0.25, 0.3) is 0 Å². The van der Waals surface area contributed by atoms with E-state index in [1.807, 2.05) is 0 Å². The largest absolute Gasteiger partial charge is 0.370 e. The Kier molecular flexibility index (Phi) is 9.91. The summed E-state index contributed by atoms with van der Waals surface area (Å²) in [5.41, 5.74) is 5.85. The monoisotopic (exact) mass is 310 g/mol. The lowest BCUT2D eigenvalue weighted by Crippen LogP contribution is -2.33. The number of hydrogen-bond acceptors (Lipinski definition) is 3. The highest BCUT2D eigenvalue weighted by molar-refractivity contribution is 7.09. The zero-order valence-electron chi connectivity index (χ0n) is 13.5. The molecule has 0 unspecified atom stereocenters. The van der Waals surface area contributed by atoms with Crippen molar-refractivity contribution in [2.75, 3.05) is 33.7 Å². The van der Waals surface area contributed by atoms with Gasteiger partial charge in [-0.25, -0.2) is 0 Å². The summed E-state index contributed by atoms with van der Waals surface area (Å²) in [4.78, 5) is 7.99. The van der Waals surface area contributed by atoms with Crippen LogP contribution in [0.4, 0.5) is 0 Å². The van der Waals surface area contributed by atoms with E-state index in [1.165, 1.54) is 37.1 Å². The normalized spacial score (nSPS) is 12.0. The smallest absolute Gasteiger partial charge is 0.188 e. The number of nitrogens with two attached hydrogens (primary N) is 1. The maximum Gasteiger partial charge on any atom is 0.188 e. The first-order chi connectivity index (χ1) is 10.2. The highest BCUT2D eigenvalue weighted by Gasteiger charge is 1.96. The van der Waals surface area contributed by atoms with Gasteiger partial charge in [-0.1, -0.05) is 25.3 Å². The Balaban J connectivity index is 1.92. The molecule has 5 heteroatoms. The van der Waals surface area contributed by atoms with E-state index in [2.05, 4.69) is 46.8 Å². The molecule has 0 spiro atoms. The van der Waals surface area contributed by atoms with Crippen molar-refractivity contribution in [2.24, 2.45) is 10.7 Å². The van der Waals surface area contributed by atoms with Gasteiger partial charge in [0.25, 0.3) is 0 Å². The van der Waals surface area contributed by atoms with E-state index in [0.717, 1.165) is 25.9 Å². The number of rotatable bonds is 11. The molecule has 0 amide bonds. The minimum Gasteiger partial charge on any atom is -0.370 e. The quantitative estimate of drug-likeness (QED) is 0.375. The van der Waals surface area contributed by atoms with Crippen LogP contribution < -0.4 is 11.1 Å². The summed E-state index contributed by atoms with van der Waals surface area (Å²) in [5.74, 6) is 0.583. The van der Waals surface area contributed by atoms with Gasteiger partial charge in [0.2, 0.25) is 0 Å². The molecule has 120 valence electrons. The molecule has 1 aromatic heterocycles. The highest BCUT2D eigenvalue weighted by Crippen LogP contribution is 2.08. The fraction of sp³-hybridized carbons (Fsp3) is 0.688. The summed E-state index contributed by atoms with van der Waals surface area (Å²) in [5, 5.41) is 5.28. The predicted octanol–water partition coefficient (Wildman–Crippen LogP) is 2.71. The molecule has 0 aromatic carbocycles. The van der Waals surface area contributed by atoms with Crippen LogP contribution in [0.15, 0.2) is 22.5 Å². The lowest BCUT2D eigenvalue weighted by Gasteiger charge is -2.08. The molecule has 3 N–H and O–H groups in total. The number of unbranched alkanes of at least 4 members (excludes halogenated alkanes) is 4. The van der Waals surface area contributed by atoms with Crippen LogP contribution in [0.1, 0.15) is 37.0 Å². The van der Waals surface area contributed by atoms with E-state index in [-0.39, 0.29) is 0 Å². The molecular weight excluding hydrogens is 280 g/mol. The van der Waals surface area contributed by atoms with Gasteiger partial charge >= 0.3 is 0 Å². The van der Waals surface area contributed by atoms with Crippen molar-refractivity contribution < 1.29 is 0 Å². The molecule has 4 nitrogen and oxygen atoms in total. The third kappa shape index (κ3) is 10.3. The van der Waals surface area contributed by atoms with Gasteiger partial charge in [0.15, 0.2) is 5.96 Å². The van der Waals surface area contributed by atoms with E-state index in [0.29, 0.717) is 5.96 Å². The number of thiophene rings is 1. The molecule has 0 saturated carbocycles. The Morgan fingerprint density at radius 2 is 2.00 bits per heavy atom. The van der Waals surface area contributed by atoms with Crippen LogP contribution in [0.2, 0.25) is 0 Å². The molecule has 0 radical (unpaired) electrons. The molecule has 1 heterocycles. The summed E-state index contributed by atoms with van der Waals surface area (Å²) in [7, 11) is 4.26. The molecule has 21 heavy (non-hydrogen) atoms. The Morgan fingerprint density at radius 3 is 2.71 bits per heavy atom. The fourth-order valence-electron chi connectivity index (χ4n) is 2.09. The summed E-state index contributed by atoms with van der Waals surface area (Å²) < 4.78 is 0. The fourth-order valence-corrected chi connectivity index (χ4v) is 2.80. The van der Waals surface area contributed by atoms with Gasteiger partial charge in [0.05, 0.1) is 0 Å². The van der Waals surface area contributed by atoms with E-state index in [9.17, 15) is 0 Å². The third-order valence-electron chi connectivity index (χ3n) is 3.30. The second-order valence-corrected chi connectivity index (χ2v) is 6.63. The van der Waals surface area contributed by atoms with Gasteiger partial charge in [-0.05, 0) is 51.3 Å². The zero-order valence-corrected chi connectivity index (χ0v) is 14.3. The Morgan fingerprint density at radius 1 is 1.24 bits per heavy atom. The topological polar surface area (TPSA) is 53.6 Å². The second-order valence-electron chi connectivity index (χ2n) is 5.59. The van der Waals surface area contributed by atoms with Crippen LogP contribution in [-0.2, 0) is 6.42 Å². The van der Waals surface area contributed by atoms with Crippen molar-refractivity contribution in [1.82, 2.24) is 10.2 Å². The first kappa shape index (κ1) is 18.0. The van der Waals surface area contributed by atoms with Crippen molar-refractivity contribution in [3.05, 3.63) is 22.4 Å². The maximum absolute atomic E-state index is 5.85. The number of nitrogens with zero attached hydrogens (tertiary/aromatic N) is 2. The van der Waals surface area contributed by atoms with E-state index in [1.54, 1.807) is 11.3 Å². The minimum absolute atomic E-state index is 0.583. The van der Waals surface area contributed by atoms with Gasteiger partial charge in [0, 0.05) is 18.0 Å². The van der Waals surface area contributed by atoms with Gasteiger partial charge in [-0.2, -0.15) is 0 Å². The number of hydrogen-bond donors (Lipinski definition) is 2. The Hall–Kier alpha value is -1.07. The van der Waals surface area contributed by atoms with Crippen molar-refractivity contribution in [2.45, 2.75) is 38.5 Å². The molecule has 0 atom stereocenters. The highest BCUT2D eigenvalue weighted by atomic mass is 32.1. The molecule has 0 aliphatic heterocycles. The van der Waals surface area contributed by atoms with E-state index in [4.69, 9.17) is 5.73 Å². The predicted molar refractivity (Wildman–Crippen MR) is 94.2 cm³/mol. The van der Waals surface area contributed by atoms with Crippen LogP contribution >= 0.6 is 11.3 Å². The zero-order chi connectivity index (χ0) is 15.3. The van der Waals surface area contributed by atoms with Crippen LogP contribution in [0.3, 0.4) is 0 Å². The van der Waals surface area contributed by atoms with Crippen molar-refractivity contribution in [1.29, 1.82) is 0 Å². The van der Waals surface area contributed by atoms with E-state index >= 15 is 0 Å². The van der Waals surface area contributed by atoms with Gasteiger partial charge in [0.1, 0.15) is 0 Å². The summed E-state index contributed by atoms with van der Waals surface area (Å²) in [6.45, 7) is 2.89. The van der Waals surface area contributed by atoms with Crippen molar-refractivity contribution in [3.8, 4) is 0 Å². The van der Waals surface area contributed by atoms with Gasteiger partial charge in [-0.15, -0.1) is 11.3 Å². The summed E-state index contributed by atoms with van der Waals surface area (Å²) >= 11 is 1.78. The van der Waals surface area contributed by atoms with Crippen molar-refractivity contribution >= 4 is 17.3 Å². The average molecular weight is 311 g/mol. The molecule has 0 fully saturated rings.